The molecule has 0 atom stereocenters. The van der Waals surface area contributed by atoms with Crippen LogP contribution in [-0.2, 0) is 12.0 Å². The van der Waals surface area contributed by atoms with Crippen molar-refractivity contribution < 1.29 is 0 Å². The molecule has 0 bridgehead atoms. The topological polar surface area (TPSA) is 50.7 Å². The van der Waals surface area contributed by atoms with Crippen molar-refractivity contribution in [1.29, 1.82) is 0 Å². The fourth-order valence-electron chi connectivity index (χ4n) is 7.16. The van der Waals surface area contributed by atoms with E-state index in [1.54, 1.807) is 0 Å². The Kier molecular flexibility index (Phi) is 8.01. The third-order valence-electron chi connectivity index (χ3n) is 9.48. The van der Waals surface area contributed by atoms with Gasteiger partial charge in [-0.05, 0) is 56.1 Å². The van der Waals surface area contributed by atoms with E-state index >= 15 is 0 Å². The summed E-state index contributed by atoms with van der Waals surface area (Å²) in [5.74, 6) is 1.04. The molecule has 3 nitrogen and oxygen atoms in total. The molecule has 0 aromatic heterocycles. The van der Waals surface area contributed by atoms with E-state index in [-0.39, 0.29) is 0 Å². The Bertz CT molecular complexity index is 2230. The third-order valence-corrected chi connectivity index (χ3v) is 9.48. The van der Waals surface area contributed by atoms with Crippen molar-refractivity contribution in [2.45, 2.75) is 12.0 Å². The van der Waals surface area contributed by atoms with Crippen LogP contribution in [0.15, 0.2) is 198 Å². The Morgan fingerprint density at radius 2 is 1.00 bits per heavy atom. The number of benzene rings is 7. The van der Waals surface area contributed by atoms with Gasteiger partial charge in [0.15, 0.2) is 5.84 Å². The fourth-order valence-corrected chi connectivity index (χ4v) is 7.16. The summed E-state index contributed by atoms with van der Waals surface area (Å²) in [5.41, 5.74) is 19.0. The highest BCUT2D eigenvalue weighted by Gasteiger charge is 2.45. The molecule has 0 radical (unpaired) electrons. The number of hydrogen-bond acceptors (Lipinski definition) is 1. The lowest BCUT2D eigenvalue weighted by Crippen LogP contribution is -2.28. The maximum atomic E-state index is 6.86. The number of rotatable bonds is 7. The van der Waals surface area contributed by atoms with Gasteiger partial charge >= 0.3 is 0 Å². The second-order valence-electron chi connectivity index (χ2n) is 12.4. The van der Waals surface area contributed by atoms with Crippen LogP contribution in [0, 0.1) is 0 Å². The Morgan fingerprint density at radius 3 is 1.65 bits per heavy atom. The third kappa shape index (κ3) is 5.56. The predicted octanol–water partition coefficient (Wildman–Crippen LogP) is 10.1. The van der Waals surface area contributed by atoms with Crippen LogP contribution < -0.4 is 5.73 Å². The molecule has 0 heterocycles. The zero-order valence-corrected chi connectivity index (χ0v) is 27.1. The smallest absolute Gasteiger partial charge is 0.157 e. The van der Waals surface area contributed by atoms with E-state index in [0.717, 1.165) is 22.3 Å². The second-order valence-corrected chi connectivity index (χ2v) is 12.4. The molecule has 7 aromatic carbocycles. The first-order chi connectivity index (χ1) is 24.2. The van der Waals surface area contributed by atoms with Gasteiger partial charge in [0.05, 0.1) is 12.0 Å². The van der Waals surface area contributed by atoms with E-state index in [9.17, 15) is 0 Å². The van der Waals surface area contributed by atoms with E-state index in [4.69, 9.17) is 15.7 Å². The van der Waals surface area contributed by atoms with Crippen LogP contribution in [0.1, 0.15) is 38.9 Å². The molecule has 0 saturated carbocycles. The highest BCUT2D eigenvalue weighted by atomic mass is 15.0. The van der Waals surface area contributed by atoms with E-state index in [1.807, 2.05) is 36.4 Å². The molecule has 0 aliphatic heterocycles. The van der Waals surface area contributed by atoms with Gasteiger partial charge in [-0.3, -0.25) is 4.99 Å². The molecule has 7 aromatic rings. The van der Waals surface area contributed by atoms with Crippen molar-refractivity contribution >= 4 is 11.7 Å². The number of fused-ring (bicyclic) bond motifs is 3. The molecule has 0 spiro atoms. The molecule has 0 amide bonds. The summed E-state index contributed by atoms with van der Waals surface area (Å²) in [4.78, 5) is 9.97. The Morgan fingerprint density at radius 1 is 0.469 bits per heavy atom. The Balaban J connectivity index is 1.19. The number of hydrogen-bond donors (Lipinski definition) is 1. The van der Waals surface area contributed by atoms with Gasteiger partial charge in [0.1, 0.15) is 5.84 Å². The highest BCUT2D eigenvalue weighted by Crippen LogP contribution is 2.56. The first-order valence-electron chi connectivity index (χ1n) is 16.7. The Labute approximate surface area is 287 Å². The van der Waals surface area contributed by atoms with Crippen LogP contribution in [0.2, 0.25) is 0 Å². The summed E-state index contributed by atoms with van der Waals surface area (Å²) < 4.78 is 0. The molecular formula is C46H35N3. The molecule has 1 aliphatic rings. The summed E-state index contributed by atoms with van der Waals surface area (Å²) in [6.45, 7) is 0.490. The van der Waals surface area contributed by atoms with Gasteiger partial charge in [-0.2, -0.15) is 0 Å². The van der Waals surface area contributed by atoms with Crippen molar-refractivity contribution in [2.75, 3.05) is 0 Å². The van der Waals surface area contributed by atoms with Gasteiger partial charge in [-0.15, -0.1) is 0 Å². The standard InChI is InChI=1S/C46H35N3/c47-44(49-45(36-17-7-2-8-18-36)48-32-33-25-27-35(28-26-33)34-15-5-1-6-16-34)37-29-30-43-41(31-37)40-23-13-14-24-42(40)46(43,38-19-9-3-10-20-38)39-21-11-4-12-22-39/h1-31H,32H2,(H2,47,48,49). The van der Waals surface area contributed by atoms with Crippen LogP contribution >= 0.6 is 0 Å². The molecule has 3 heteroatoms. The lowest BCUT2D eigenvalue weighted by Gasteiger charge is -2.33. The quantitative estimate of drug-likeness (QED) is 0.138. The van der Waals surface area contributed by atoms with Gasteiger partial charge in [-0.25, -0.2) is 4.99 Å². The molecule has 234 valence electrons. The van der Waals surface area contributed by atoms with Gasteiger partial charge in [0.2, 0.25) is 0 Å². The summed E-state index contributed by atoms with van der Waals surface area (Å²) in [5, 5.41) is 0. The largest absolute Gasteiger partial charge is 0.383 e. The van der Waals surface area contributed by atoms with Crippen LogP contribution in [0.3, 0.4) is 0 Å². The second kappa shape index (κ2) is 13.1. The first-order valence-corrected chi connectivity index (χ1v) is 16.7. The van der Waals surface area contributed by atoms with E-state index in [1.165, 1.54) is 38.9 Å². The average molecular weight is 630 g/mol. The van der Waals surface area contributed by atoms with Crippen LogP contribution in [0.25, 0.3) is 22.3 Å². The van der Waals surface area contributed by atoms with Crippen LogP contribution in [-0.4, -0.2) is 11.7 Å². The molecule has 0 saturated heterocycles. The predicted molar refractivity (Wildman–Crippen MR) is 203 cm³/mol. The number of aliphatic imine (C=N–C) groups is 2. The number of nitrogens with two attached hydrogens (primary N) is 1. The minimum Gasteiger partial charge on any atom is -0.383 e. The zero-order chi connectivity index (χ0) is 33.0. The molecule has 49 heavy (non-hydrogen) atoms. The number of nitrogens with zero attached hydrogens (tertiary/aromatic N) is 2. The SMILES string of the molecule is N/C(=N\C(=N/Cc1ccc(-c2ccccc2)cc1)c1ccccc1)c1ccc2c(c1)-c1ccccc1C2(c1ccccc1)c1ccccc1. The minimum absolute atomic E-state index is 0.430. The van der Waals surface area contributed by atoms with Gasteiger partial charge < -0.3 is 5.73 Å². The fraction of sp³-hybridized carbons (Fsp3) is 0.0435. The van der Waals surface area contributed by atoms with Crippen molar-refractivity contribution in [3.63, 3.8) is 0 Å². The maximum Gasteiger partial charge on any atom is 0.157 e. The van der Waals surface area contributed by atoms with Crippen LogP contribution in [0.5, 0.6) is 0 Å². The molecule has 2 N–H and O–H groups in total. The minimum atomic E-state index is -0.453. The summed E-state index contributed by atoms with van der Waals surface area (Å²) in [6.07, 6.45) is 0. The van der Waals surface area contributed by atoms with Crippen molar-refractivity contribution in [1.82, 2.24) is 0 Å². The van der Waals surface area contributed by atoms with E-state index in [2.05, 4.69) is 152 Å². The van der Waals surface area contributed by atoms with Crippen molar-refractivity contribution in [3.8, 4) is 22.3 Å². The monoisotopic (exact) mass is 629 g/mol. The van der Waals surface area contributed by atoms with Crippen LogP contribution in [0.4, 0.5) is 0 Å². The molecular weight excluding hydrogens is 595 g/mol. The molecule has 0 fully saturated rings. The van der Waals surface area contributed by atoms with Crippen molar-refractivity contribution in [3.05, 3.63) is 227 Å². The van der Waals surface area contributed by atoms with Gasteiger partial charge in [0, 0.05) is 11.1 Å². The normalized spacial score (nSPS) is 13.5. The molecule has 1 aliphatic carbocycles. The van der Waals surface area contributed by atoms with Gasteiger partial charge in [-0.1, -0.05) is 182 Å². The van der Waals surface area contributed by atoms with E-state index in [0.29, 0.717) is 18.2 Å². The Hall–Kier alpha value is -6.32. The highest BCUT2D eigenvalue weighted by molar-refractivity contribution is 6.11. The summed E-state index contributed by atoms with van der Waals surface area (Å²) in [7, 11) is 0. The summed E-state index contributed by atoms with van der Waals surface area (Å²) >= 11 is 0. The molecule has 0 unspecified atom stereocenters. The van der Waals surface area contributed by atoms with E-state index < -0.39 is 5.41 Å². The first kappa shape index (κ1) is 30.0. The zero-order valence-electron chi connectivity index (χ0n) is 27.1. The average Bonchev–Trinajstić information content (AvgIpc) is 3.48. The number of amidine groups is 2. The van der Waals surface area contributed by atoms with Gasteiger partial charge in [0.25, 0.3) is 0 Å². The van der Waals surface area contributed by atoms with Crippen molar-refractivity contribution in [2.24, 2.45) is 15.7 Å². The lowest BCUT2D eigenvalue weighted by molar-refractivity contribution is 0.768. The summed E-state index contributed by atoms with van der Waals surface area (Å²) in [6, 6.07) is 65.9. The molecule has 8 rings (SSSR count). The lowest BCUT2D eigenvalue weighted by atomic mass is 9.67. The maximum absolute atomic E-state index is 6.86.